The molecule has 0 aromatic heterocycles. The van der Waals surface area contributed by atoms with E-state index in [1.807, 2.05) is 30.1 Å². The topological polar surface area (TPSA) is 75.4 Å². The summed E-state index contributed by atoms with van der Waals surface area (Å²) in [5.74, 6) is -0.397. The number of nitrogens with zero attached hydrogens (tertiary/aromatic N) is 1. The lowest BCUT2D eigenvalue weighted by Crippen LogP contribution is -2.46. The number of primary amides is 1. The van der Waals surface area contributed by atoms with Crippen molar-refractivity contribution in [2.45, 2.75) is 19.5 Å². The van der Waals surface area contributed by atoms with Crippen LogP contribution in [-0.2, 0) is 11.3 Å². The zero-order valence-electron chi connectivity index (χ0n) is 12.2. The highest BCUT2D eigenvalue weighted by molar-refractivity contribution is 5.96. The van der Waals surface area contributed by atoms with Crippen molar-refractivity contribution in [3.63, 3.8) is 0 Å². The third-order valence-corrected chi connectivity index (χ3v) is 3.53. The molecule has 0 bridgehead atoms. The summed E-state index contributed by atoms with van der Waals surface area (Å²) >= 11 is 0. The number of hydrogen-bond acceptors (Lipinski definition) is 3. The van der Waals surface area contributed by atoms with Crippen LogP contribution in [0.25, 0.3) is 10.8 Å². The fourth-order valence-electron chi connectivity index (χ4n) is 2.19. The molecular formula is C16H19N3O2. The number of rotatable bonds is 4. The van der Waals surface area contributed by atoms with E-state index in [0.717, 1.165) is 10.9 Å². The summed E-state index contributed by atoms with van der Waals surface area (Å²) in [4.78, 5) is 24.3. The van der Waals surface area contributed by atoms with Gasteiger partial charge in [-0.25, -0.2) is 4.79 Å². The summed E-state index contributed by atoms with van der Waals surface area (Å²) in [6, 6.07) is 13.1. The molecule has 2 aromatic carbocycles. The number of carbonyl (C=O) groups excluding carboxylic acids is 2. The van der Waals surface area contributed by atoms with E-state index in [4.69, 9.17) is 5.73 Å². The predicted molar refractivity (Wildman–Crippen MR) is 82.6 cm³/mol. The van der Waals surface area contributed by atoms with Gasteiger partial charge in [-0.1, -0.05) is 36.4 Å². The van der Waals surface area contributed by atoms with Crippen LogP contribution in [0.2, 0.25) is 0 Å². The Kier molecular flexibility index (Phi) is 4.55. The number of fused-ring (bicyclic) bond motifs is 1. The minimum Gasteiger partial charge on any atom is -0.351 e. The van der Waals surface area contributed by atoms with Crippen LogP contribution in [0.1, 0.15) is 12.5 Å². The second kappa shape index (κ2) is 6.37. The Morgan fingerprint density at radius 2 is 1.86 bits per heavy atom. The molecule has 0 saturated heterocycles. The Morgan fingerprint density at radius 3 is 2.52 bits per heavy atom. The number of imide groups is 1. The van der Waals surface area contributed by atoms with Crippen molar-refractivity contribution in [3.8, 4) is 0 Å². The summed E-state index contributed by atoms with van der Waals surface area (Å²) in [7, 11) is 1.83. The molecule has 0 spiro atoms. The van der Waals surface area contributed by atoms with Crippen molar-refractivity contribution in [2.75, 3.05) is 7.05 Å². The molecule has 0 saturated carbocycles. The molecule has 0 aliphatic carbocycles. The van der Waals surface area contributed by atoms with Gasteiger partial charge in [-0.05, 0) is 36.4 Å². The minimum atomic E-state index is -0.828. The van der Waals surface area contributed by atoms with Crippen LogP contribution < -0.4 is 11.1 Å². The van der Waals surface area contributed by atoms with Gasteiger partial charge in [-0.2, -0.15) is 0 Å². The van der Waals surface area contributed by atoms with Crippen LogP contribution in [0.3, 0.4) is 0 Å². The fourth-order valence-corrected chi connectivity index (χ4v) is 2.19. The molecule has 110 valence electrons. The Labute approximate surface area is 123 Å². The van der Waals surface area contributed by atoms with Gasteiger partial charge in [0.05, 0.1) is 6.04 Å². The molecule has 0 radical (unpaired) electrons. The zero-order valence-corrected chi connectivity index (χ0v) is 12.2. The van der Waals surface area contributed by atoms with Gasteiger partial charge in [-0.3, -0.25) is 15.0 Å². The summed E-state index contributed by atoms with van der Waals surface area (Å²) in [6.07, 6.45) is 0. The molecule has 0 aliphatic heterocycles. The van der Waals surface area contributed by atoms with E-state index in [1.165, 1.54) is 5.39 Å². The number of nitrogens with two attached hydrogens (primary N) is 1. The van der Waals surface area contributed by atoms with Gasteiger partial charge in [0, 0.05) is 6.54 Å². The third-order valence-electron chi connectivity index (χ3n) is 3.53. The second-order valence-electron chi connectivity index (χ2n) is 5.13. The molecule has 1 atom stereocenters. The number of amides is 3. The van der Waals surface area contributed by atoms with Gasteiger partial charge in [-0.15, -0.1) is 0 Å². The van der Waals surface area contributed by atoms with E-state index in [0.29, 0.717) is 6.54 Å². The molecule has 3 amide bonds. The first-order chi connectivity index (χ1) is 9.97. The van der Waals surface area contributed by atoms with Gasteiger partial charge < -0.3 is 5.73 Å². The van der Waals surface area contributed by atoms with Crippen molar-refractivity contribution in [1.82, 2.24) is 10.2 Å². The van der Waals surface area contributed by atoms with Crippen LogP contribution in [0.4, 0.5) is 4.79 Å². The number of urea groups is 1. The van der Waals surface area contributed by atoms with E-state index >= 15 is 0 Å². The Balaban J connectivity index is 2.08. The van der Waals surface area contributed by atoms with Crippen LogP contribution in [-0.4, -0.2) is 29.9 Å². The van der Waals surface area contributed by atoms with Crippen molar-refractivity contribution in [3.05, 3.63) is 48.0 Å². The normalized spacial score (nSPS) is 12.3. The maximum atomic E-state index is 11.7. The Morgan fingerprint density at radius 1 is 1.19 bits per heavy atom. The third kappa shape index (κ3) is 3.79. The van der Waals surface area contributed by atoms with E-state index < -0.39 is 18.0 Å². The zero-order chi connectivity index (χ0) is 15.4. The summed E-state index contributed by atoms with van der Waals surface area (Å²) in [6.45, 7) is 2.34. The maximum Gasteiger partial charge on any atom is 0.318 e. The highest BCUT2D eigenvalue weighted by atomic mass is 16.2. The van der Waals surface area contributed by atoms with Crippen molar-refractivity contribution in [1.29, 1.82) is 0 Å². The quantitative estimate of drug-likeness (QED) is 0.900. The first kappa shape index (κ1) is 15.0. The van der Waals surface area contributed by atoms with Crippen LogP contribution in [0.5, 0.6) is 0 Å². The van der Waals surface area contributed by atoms with Crippen molar-refractivity contribution >= 4 is 22.7 Å². The summed E-state index contributed by atoms with van der Waals surface area (Å²) < 4.78 is 0. The smallest absolute Gasteiger partial charge is 0.318 e. The second-order valence-corrected chi connectivity index (χ2v) is 5.13. The van der Waals surface area contributed by atoms with Crippen LogP contribution in [0.15, 0.2) is 42.5 Å². The monoisotopic (exact) mass is 285 g/mol. The fraction of sp³-hybridized carbons (Fsp3) is 0.250. The van der Waals surface area contributed by atoms with Gasteiger partial charge >= 0.3 is 6.03 Å². The lowest BCUT2D eigenvalue weighted by atomic mass is 10.1. The van der Waals surface area contributed by atoms with E-state index in [9.17, 15) is 9.59 Å². The molecule has 5 heteroatoms. The Hall–Kier alpha value is -2.40. The summed E-state index contributed by atoms with van der Waals surface area (Å²) in [5.41, 5.74) is 6.06. The average molecular weight is 285 g/mol. The number of hydrogen-bond donors (Lipinski definition) is 2. The maximum absolute atomic E-state index is 11.7. The SMILES string of the molecule is CC(C(=O)NC(N)=O)N(C)Cc1ccc2ccccc2c1. The van der Waals surface area contributed by atoms with Gasteiger partial charge in [0.25, 0.3) is 0 Å². The summed E-state index contributed by atoms with van der Waals surface area (Å²) in [5, 5.41) is 4.45. The van der Waals surface area contributed by atoms with Crippen molar-refractivity contribution in [2.24, 2.45) is 5.73 Å². The lowest BCUT2D eigenvalue weighted by Gasteiger charge is -2.23. The number of nitrogens with one attached hydrogen (secondary N) is 1. The average Bonchev–Trinajstić information content (AvgIpc) is 2.45. The molecule has 2 aromatic rings. The van der Waals surface area contributed by atoms with Crippen LogP contribution in [0, 0.1) is 0 Å². The van der Waals surface area contributed by atoms with Gasteiger partial charge in [0.2, 0.25) is 5.91 Å². The van der Waals surface area contributed by atoms with E-state index in [1.54, 1.807) is 6.92 Å². The Bertz CT molecular complexity index is 669. The number of carbonyl (C=O) groups is 2. The molecule has 0 heterocycles. The standard InChI is InChI=1S/C16H19N3O2/c1-11(15(20)18-16(17)21)19(2)10-12-7-8-13-5-3-4-6-14(13)9-12/h3-9,11H,10H2,1-2H3,(H3,17,18,20,21). The molecule has 5 nitrogen and oxygen atoms in total. The number of benzene rings is 2. The first-order valence-corrected chi connectivity index (χ1v) is 6.75. The van der Waals surface area contributed by atoms with Gasteiger partial charge in [0.15, 0.2) is 0 Å². The van der Waals surface area contributed by atoms with Crippen molar-refractivity contribution < 1.29 is 9.59 Å². The molecule has 2 rings (SSSR count). The largest absolute Gasteiger partial charge is 0.351 e. The highest BCUT2D eigenvalue weighted by Crippen LogP contribution is 2.17. The molecule has 0 fully saturated rings. The van der Waals surface area contributed by atoms with E-state index in [-0.39, 0.29) is 0 Å². The van der Waals surface area contributed by atoms with Gasteiger partial charge in [0.1, 0.15) is 0 Å². The van der Waals surface area contributed by atoms with E-state index in [2.05, 4.69) is 29.6 Å². The molecule has 0 aliphatic rings. The molecule has 21 heavy (non-hydrogen) atoms. The van der Waals surface area contributed by atoms with Crippen LogP contribution >= 0.6 is 0 Å². The molecular weight excluding hydrogens is 266 g/mol. The molecule has 1 unspecified atom stereocenters. The highest BCUT2D eigenvalue weighted by Gasteiger charge is 2.19. The first-order valence-electron chi connectivity index (χ1n) is 6.75. The predicted octanol–water partition coefficient (Wildman–Crippen LogP) is 1.85. The minimum absolute atomic E-state index is 0.397. The lowest BCUT2D eigenvalue weighted by molar-refractivity contribution is -0.124. The molecule has 3 N–H and O–H groups in total. The number of likely N-dealkylation sites (N-methyl/N-ethyl adjacent to an activating group) is 1.